The Kier molecular flexibility index (Phi) is 6.10. The molecule has 0 bridgehead atoms. The van der Waals surface area contributed by atoms with Crippen molar-refractivity contribution in [2.45, 2.75) is 39.0 Å². The Morgan fingerprint density at radius 2 is 1.88 bits per heavy atom. The Morgan fingerprint density at radius 1 is 1.15 bits per heavy atom. The first-order valence-electron chi connectivity index (χ1n) is 9.38. The van der Waals surface area contributed by atoms with Crippen LogP contribution in [0, 0.1) is 5.92 Å². The van der Waals surface area contributed by atoms with Gasteiger partial charge in [-0.3, -0.25) is 9.59 Å². The summed E-state index contributed by atoms with van der Waals surface area (Å²) in [6.45, 7) is 3.37. The van der Waals surface area contributed by atoms with Crippen molar-refractivity contribution in [1.29, 1.82) is 0 Å². The topological polar surface area (TPSA) is 62.6 Å². The molecule has 2 aromatic rings. The molecule has 0 spiro atoms. The Bertz CT molecular complexity index is 714. The molecule has 138 valence electrons. The number of likely N-dealkylation sites (tertiary alicyclic amines) is 1. The van der Waals surface area contributed by atoms with Crippen LogP contribution in [0.15, 0.2) is 47.3 Å². The van der Waals surface area contributed by atoms with E-state index in [9.17, 15) is 9.59 Å². The van der Waals surface area contributed by atoms with Crippen LogP contribution < -0.4 is 5.32 Å². The zero-order valence-corrected chi connectivity index (χ0v) is 15.2. The molecule has 5 heteroatoms. The molecular formula is C21H26N2O3. The zero-order valence-electron chi connectivity index (χ0n) is 15.2. The lowest BCUT2D eigenvalue weighted by Gasteiger charge is -2.31. The molecular weight excluding hydrogens is 328 g/mol. The molecule has 0 atom stereocenters. The van der Waals surface area contributed by atoms with Gasteiger partial charge in [-0.2, -0.15) is 0 Å². The number of benzene rings is 1. The second-order valence-corrected chi connectivity index (χ2v) is 6.87. The largest absolute Gasteiger partial charge is 0.472 e. The number of carbonyl (C=O) groups is 2. The number of piperidine rings is 1. The highest BCUT2D eigenvalue weighted by Crippen LogP contribution is 2.21. The van der Waals surface area contributed by atoms with Crippen LogP contribution in [0.2, 0.25) is 0 Å². The van der Waals surface area contributed by atoms with Gasteiger partial charge in [-0.05, 0) is 49.4 Å². The van der Waals surface area contributed by atoms with Crippen LogP contribution in [0.1, 0.15) is 48.5 Å². The van der Waals surface area contributed by atoms with Crippen LogP contribution in [0.3, 0.4) is 0 Å². The Hall–Kier alpha value is -2.56. The fraction of sp³-hybridized carbons (Fsp3) is 0.429. The Morgan fingerprint density at radius 3 is 2.50 bits per heavy atom. The number of furan rings is 1. The molecule has 1 saturated heterocycles. The predicted molar refractivity (Wildman–Crippen MR) is 101 cm³/mol. The molecule has 1 aliphatic heterocycles. The first-order valence-corrected chi connectivity index (χ1v) is 9.38. The van der Waals surface area contributed by atoms with Gasteiger partial charge in [0, 0.05) is 24.7 Å². The average molecular weight is 354 g/mol. The third-order valence-electron chi connectivity index (χ3n) is 4.96. The minimum absolute atomic E-state index is 0.0275. The molecule has 1 aromatic carbocycles. The van der Waals surface area contributed by atoms with Gasteiger partial charge >= 0.3 is 0 Å². The van der Waals surface area contributed by atoms with E-state index in [2.05, 4.69) is 24.4 Å². The smallest absolute Gasteiger partial charge is 0.257 e. The van der Waals surface area contributed by atoms with E-state index in [4.69, 9.17) is 4.42 Å². The SMILES string of the molecule is CCCCc1ccc(NC(=O)C2CCN(C(=O)c3ccoc3)CC2)cc1. The van der Waals surface area contributed by atoms with Crippen LogP contribution in [-0.4, -0.2) is 29.8 Å². The highest BCUT2D eigenvalue weighted by atomic mass is 16.3. The van der Waals surface area contributed by atoms with Gasteiger partial charge in [0.05, 0.1) is 11.8 Å². The standard InChI is InChI=1S/C21H26N2O3/c1-2-3-4-16-5-7-19(8-6-16)22-20(24)17-9-12-23(13-10-17)21(25)18-11-14-26-15-18/h5-8,11,14-15,17H,2-4,9-10,12-13H2,1H3,(H,22,24). The van der Waals surface area contributed by atoms with Crippen molar-refractivity contribution >= 4 is 17.5 Å². The van der Waals surface area contributed by atoms with Gasteiger partial charge in [-0.15, -0.1) is 0 Å². The summed E-state index contributed by atoms with van der Waals surface area (Å²) in [5.74, 6) is -0.0369. The molecule has 3 rings (SSSR count). The second kappa shape index (κ2) is 8.70. The molecule has 0 radical (unpaired) electrons. The number of nitrogens with one attached hydrogen (secondary N) is 1. The number of carbonyl (C=O) groups excluding carboxylic acids is 2. The van der Waals surface area contributed by atoms with Crippen molar-refractivity contribution < 1.29 is 14.0 Å². The van der Waals surface area contributed by atoms with Gasteiger partial charge < -0.3 is 14.6 Å². The lowest BCUT2D eigenvalue weighted by Crippen LogP contribution is -2.41. The zero-order chi connectivity index (χ0) is 18.4. The maximum atomic E-state index is 12.5. The number of amides is 2. The van der Waals surface area contributed by atoms with Crippen molar-refractivity contribution in [3.8, 4) is 0 Å². The average Bonchev–Trinajstić information content (AvgIpc) is 3.22. The summed E-state index contributed by atoms with van der Waals surface area (Å²) in [6, 6.07) is 9.78. The molecule has 1 aliphatic rings. The lowest BCUT2D eigenvalue weighted by atomic mass is 9.95. The number of aryl methyl sites for hydroxylation is 1. The molecule has 0 unspecified atom stereocenters. The first-order chi connectivity index (χ1) is 12.7. The minimum atomic E-state index is -0.0526. The summed E-state index contributed by atoms with van der Waals surface area (Å²) >= 11 is 0. The normalized spacial score (nSPS) is 15.0. The molecule has 2 heterocycles. The quantitative estimate of drug-likeness (QED) is 0.849. The summed E-state index contributed by atoms with van der Waals surface area (Å²) in [7, 11) is 0. The van der Waals surface area contributed by atoms with Crippen molar-refractivity contribution in [3.63, 3.8) is 0 Å². The van der Waals surface area contributed by atoms with Crippen molar-refractivity contribution in [3.05, 3.63) is 54.0 Å². The number of hydrogen-bond acceptors (Lipinski definition) is 3. The summed E-state index contributed by atoms with van der Waals surface area (Å²) in [6.07, 6.45) is 7.77. The van der Waals surface area contributed by atoms with E-state index in [1.807, 2.05) is 12.1 Å². The molecule has 0 saturated carbocycles. The van der Waals surface area contributed by atoms with Crippen molar-refractivity contribution in [1.82, 2.24) is 4.90 Å². The van der Waals surface area contributed by atoms with E-state index in [1.165, 1.54) is 30.9 Å². The molecule has 2 amide bonds. The van der Waals surface area contributed by atoms with Gasteiger partial charge in [0.1, 0.15) is 6.26 Å². The van der Waals surface area contributed by atoms with E-state index >= 15 is 0 Å². The number of unbranched alkanes of at least 4 members (excludes halogenated alkanes) is 1. The number of nitrogens with zero attached hydrogens (tertiary/aromatic N) is 1. The fourth-order valence-electron chi connectivity index (χ4n) is 3.29. The van der Waals surface area contributed by atoms with E-state index in [0.29, 0.717) is 31.5 Å². The maximum absolute atomic E-state index is 12.5. The number of anilines is 1. The predicted octanol–water partition coefficient (Wildman–Crippen LogP) is 4.11. The Labute approximate surface area is 154 Å². The third kappa shape index (κ3) is 4.54. The molecule has 0 aliphatic carbocycles. The number of hydrogen-bond donors (Lipinski definition) is 1. The number of rotatable bonds is 6. The first kappa shape index (κ1) is 18.2. The van der Waals surface area contributed by atoms with E-state index in [-0.39, 0.29) is 17.7 Å². The molecule has 26 heavy (non-hydrogen) atoms. The van der Waals surface area contributed by atoms with E-state index in [0.717, 1.165) is 12.1 Å². The summed E-state index contributed by atoms with van der Waals surface area (Å²) in [5.41, 5.74) is 2.71. The second-order valence-electron chi connectivity index (χ2n) is 6.87. The van der Waals surface area contributed by atoms with Crippen LogP contribution in [0.5, 0.6) is 0 Å². The lowest BCUT2D eigenvalue weighted by molar-refractivity contribution is -0.121. The van der Waals surface area contributed by atoms with Crippen LogP contribution >= 0.6 is 0 Å². The highest BCUT2D eigenvalue weighted by molar-refractivity contribution is 5.95. The summed E-state index contributed by atoms with van der Waals surface area (Å²) < 4.78 is 4.97. The van der Waals surface area contributed by atoms with Gasteiger partial charge in [-0.25, -0.2) is 0 Å². The van der Waals surface area contributed by atoms with Crippen molar-refractivity contribution in [2.75, 3.05) is 18.4 Å². The Balaban J connectivity index is 1.48. The van der Waals surface area contributed by atoms with Gasteiger partial charge in [0.15, 0.2) is 0 Å². The highest BCUT2D eigenvalue weighted by Gasteiger charge is 2.28. The fourth-order valence-corrected chi connectivity index (χ4v) is 3.29. The van der Waals surface area contributed by atoms with E-state index in [1.54, 1.807) is 11.0 Å². The van der Waals surface area contributed by atoms with Crippen LogP contribution in [0.4, 0.5) is 5.69 Å². The minimum Gasteiger partial charge on any atom is -0.472 e. The molecule has 1 N–H and O–H groups in total. The monoisotopic (exact) mass is 354 g/mol. The molecule has 1 fully saturated rings. The molecule has 1 aromatic heterocycles. The van der Waals surface area contributed by atoms with Crippen LogP contribution in [0.25, 0.3) is 0 Å². The summed E-state index contributed by atoms with van der Waals surface area (Å²) in [4.78, 5) is 26.6. The molecule has 5 nitrogen and oxygen atoms in total. The third-order valence-corrected chi connectivity index (χ3v) is 4.96. The van der Waals surface area contributed by atoms with E-state index < -0.39 is 0 Å². The van der Waals surface area contributed by atoms with Gasteiger partial charge in [0.25, 0.3) is 5.91 Å². The van der Waals surface area contributed by atoms with Crippen LogP contribution in [-0.2, 0) is 11.2 Å². The maximum Gasteiger partial charge on any atom is 0.257 e. The van der Waals surface area contributed by atoms with Gasteiger partial charge in [-0.1, -0.05) is 25.5 Å². The summed E-state index contributed by atoms with van der Waals surface area (Å²) in [5, 5.41) is 3.01. The van der Waals surface area contributed by atoms with Gasteiger partial charge in [0.2, 0.25) is 5.91 Å². The van der Waals surface area contributed by atoms with Crippen molar-refractivity contribution in [2.24, 2.45) is 5.92 Å².